The lowest BCUT2D eigenvalue weighted by Crippen LogP contribution is -2.17. The van der Waals surface area contributed by atoms with Gasteiger partial charge in [0.05, 0.1) is 0 Å². The molecule has 1 N–H and O–H groups in total. The third-order valence-corrected chi connectivity index (χ3v) is 6.16. The van der Waals surface area contributed by atoms with E-state index in [2.05, 4.69) is 90.8 Å². The summed E-state index contributed by atoms with van der Waals surface area (Å²) in [5, 5.41) is 0. The molecule has 0 saturated heterocycles. The highest BCUT2D eigenvalue weighted by atomic mass is 14.7. The van der Waals surface area contributed by atoms with Gasteiger partial charge in [0, 0.05) is 23.2 Å². The Balaban J connectivity index is 1.65. The van der Waals surface area contributed by atoms with Gasteiger partial charge in [-0.05, 0) is 60.1 Å². The van der Waals surface area contributed by atoms with Gasteiger partial charge in [-0.2, -0.15) is 0 Å². The fourth-order valence-corrected chi connectivity index (χ4v) is 4.84. The van der Waals surface area contributed by atoms with Crippen molar-refractivity contribution in [3.05, 3.63) is 106 Å². The topological polar surface area (TPSA) is 15.8 Å². The van der Waals surface area contributed by atoms with Gasteiger partial charge < -0.3 is 4.98 Å². The number of aryl methyl sites for hydroxylation is 2. The molecule has 2 aromatic carbocycles. The number of aromatic amines is 1. The fourth-order valence-electron chi connectivity index (χ4n) is 4.84. The Morgan fingerprint density at radius 1 is 0.963 bits per heavy atom. The number of H-pyrrole nitrogens is 1. The van der Waals surface area contributed by atoms with Crippen LogP contribution in [0.1, 0.15) is 57.5 Å². The molecule has 0 aliphatic heterocycles. The molecule has 1 heterocycles. The molecule has 134 valence electrons. The van der Waals surface area contributed by atoms with E-state index in [-0.39, 0.29) is 0 Å². The normalized spacial score (nSPS) is 20.3. The SMILES string of the molecule is Cc1ccccc1C1C=Cc2[nH]c3c(c2C1Cc1ccccc1)C=CCC3. The van der Waals surface area contributed by atoms with Crippen LogP contribution >= 0.6 is 0 Å². The molecule has 1 heteroatoms. The number of allylic oxidation sites excluding steroid dienone is 2. The number of fused-ring (bicyclic) bond motifs is 3. The van der Waals surface area contributed by atoms with E-state index < -0.39 is 0 Å². The minimum atomic E-state index is 0.411. The van der Waals surface area contributed by atoms with Crippen LogP contribution in [-0.4, -0.2) is 4.98 Å². The number of hydrogen-bond donors (Lipinski definition) is 1. The van der Waals surface area contributed by atoms with E-state index in [9.17, 15) is 0 Å². The van der Waals surface area contributed by atoms with Crippen molar-refractivity contribution in [2.24, 2.45) is 0 Å². The molecule has 2 atom stereocenters. The number of rotatable bonds is 3. The van der Waals surface area contributed by atoms with Crippen molar-refractivity contribution in [3.8, 4) is 0 Å². The molecule has 0 spiro atoms. The number of benzene rings is 2. The molecule has 27 heavy (non-hydrogen) atoms. The van der Waals surface area contributed by atoms with Crippen LogP contribution in [0.3, 0.4) is 0 Å². The standard InChI is InChI=1S/C26H25N/c1-18-9-5-6-12-20(18)21-15-16-25-26(22-13-7-8-14-24(22)27-25)23(21)17-19-10-3-2-4-11-19/h2-7,9-13,15-16,21,23,27H,8,14,17H2,1H3. The van der Waals surface area contributed by atoms with Gasteiger partial charge in [-0.15, -0.1) is 0 Å². The van der Waals surface area contributed by atoms with Crippen molar-refractivity contribution >= 4 is 12.2 Å². The Morgan fingerprint density at radius 2 is 1.78 bits per heavy atom. The molecule has 2 aliphatic carbocycles. The van der Waals surface area contributed by atoms with Gasteiger partial charge in [0.15, 0.2) is 0 Å². The molecule has 0 amide bonds. The van der Waals surface area contributed by atoms with Crippen molar-refractivity contribution in [2.75, 3.05) is 0 Å². The van der Waals surface area contributed by atoms with Gasteiger partial charge >= 0.3 is 0 Å². The molecule has 0 radical (unpaired) electrons. The molecule has 0 fully saturated rings. The molecule has 5 rings (SSSR count). The lowest BCUT2D eigenvalue weighted by atomic mass is 9.72. The molecule has 0 saturated carbocycles. The quantitative estimate of drug-likeness (QED) is 0.560. The third kappa shape index (κ3) is 2.88. The van der Waals surface area contributed by atoms with Crippen LogP contribution in [-0.2, 0) is 12.8 Å². The Hall–Kier alpha value is -2.80. The number of aromatic nitrogens is 1. The van der Waals surface area contributed by atoms with Crippen LogP contribution in [0.15, 0.2) is 66.7 Å². The zero-order valence-corrected chi connectivity index (χ0v) is 15.8. The molecule has 1 aromatic heterocycles. The van der Waals surface area contributed by atoms with Gasteiger partial charge in [0.2, 0.25) is 0 Å². The van der Waals surface area contributed by atoms with Crippen LogP contribution in [0.2, 0.25) is 0 Å². The largest absolute Gasteiger partial charge is 0.358 e. The van der Waals surface area contributed by atoms with Crippen LogP contribution in [0.5, 0.6) is 0 Å². The first-order valence-electron chi connectivity index (χ1n) is 10.00. The molecular formula is C26H25N. The maximum atomic E-state index is 3.72. The summed E-state index contributed by atoms with van der Waals surface area (Å²) in [5.74, 6) is 0.866. The van der Waals surface area contributed by atoms with Crippen molar-refractivity contribution in [2.45, 2.75) is 38.0 Å². The summed E-state index contributed by atoms with van der Waals surface area (Å²) in [4.78, 5) is 3.72. The molecule has 2 aliphatic rings. The zero-order chi connectivity index (χ0) is 18.2. The van der Waals surface area contributed by atoms with E-state index in [1.54, 1.807) is 0 Å². The van der Waals surface area contributed by atoms with Crippen LogP contribution in [0.4, 0.5) is 0 Å². The van der Waals surface area contributed by atoms with Crippen LogP contribution in [0.25, 0.3) is 12.2 Å². The van der Waals surface area contributed by atoms with E-state index in [0.717, 1.165) is 19.3 Å². The van der Waals surface area contributed by atoms with Crippen molar-refractivity contribution in [3.63, 3.8) is 0 Å². The summed E-state index contributed by atoms with van der Waals surface area (Å²) in [6.45, 7) is 2.24. The zero-order valence-electron chi connectivity index (χ0n) is 15.8. The Bertz CT molecular complexity index is 1020. The van der Waals surface area contributed by atoms with E-state index in [4.69, 9.17) is 0 Å². The average molecular weight is 351 g/mol. The van der Waals surface area contributed by atoms with Gasteiger partial charge in [-0.3, -0.25) is 0 Å². The molecule has 0 bridgehead atoms. The highest BCUT2D eigenvalue weighted by Gasteiger charge is 2.32. The van der Waals surface area contributed by atoms with Gasteiger partial charge in [0.1, 0.15) is 0 Å². The second-order valence-electron chi connectivity index (χ2n) is 7.82. The van der Waals surface area contributed by atoms with E-state index in [0.29, 0.717) is 11.8 Å². The summed E-state index contributed by atoms with van der Waals surface area (Å²) in [6, 6.07) is 19.8. The average Bonchev–Trinajstić information content (AvgIpc) is 3.09. The second kappa shape index (κ2) is 6.74. The smallest absolute Gasteiger partial charge is 0.0421 e. The first-order valence-corrected chi connectivity index (χ1v) is 10.00. The first-order chi connectivity index (χ1) is 13.3. The summed E-state index contributed by atoms with van der Waals surface area (Å²) in [6.07, 6.45) is 12.7. The molecule has 2 unspecified atom stereocenters. The van der Waals surface area contributed by atoms with Crippen molar-refractivity contribution in [1.29, 1.82) is 0 Å². The minimum absolute atomic E-state index is 0.411. The molecular weight excluding hydrogens is 326 g/mol. The van der Waals surface area contributed by atoms with Crippen molar-refractivity contribution in [1.82, 2.24) is 4.98 Å². The highest BCUT2D eigenvalue weighted by molar-refractivity contribution is 5.70. The van der Waals surface area contributed by atoms with E-state index >= 15 is 0 Å². The summed E-state index contributed by atoms with van der Waals surface area (Å²) < 4.78 is 0. The monoisotopic (exact) mass is 351 g/mol. The second-order valence-corrected chi connectivity index (χ2v) is 7.82. The highest BCUT2D eigenvalue weighted by Crippen LogP contribution is 2.46. The maximum absolute atomic E-state index is 3.72. The lowest BCUT2D eigenvalue weighted by molar-refractivity contribution is 0.606. The minimum Gasteiger partial charge on any atom is -0.358 e. The maximum Gasteiger partial charge on any atom is 0.0421 e. The van der Waals surface area contributed by atoms with Crippen LogP contribution in [0, 0.1) is 6.92 Å². The summed E-state index contributed by atoms with van der Waals surface area (Å²) in [7, 11) is 0. The number of hydrogen-bond acceptors (Lipinski definition) is 0. The van der Waals surface area contributed by atoms with Gasteiger partial charge in [-0.25, -0.2) is 0 Å². The Morgan fingerprint density at radius 3 is 2.63 bits per heavy atom. The van der Waals surface area contributed by atoms with Gasteiger partial charge in [-0.1, -0.05) is 72.8 Å². The van der Waals surface area contributed by atoms with Gasteiger partial charge in [0.25, 0.3) is 0 Å². The number of nitrogens with one attached hydrogen (secondary N) is 1. The summed E-state index contributed by atoms with van der Waals surface area (Å²) >= 11 is 0. The predicted octanol–water partition coefficient (Wildman–Crippen LogP) is 6.42. The predicted molar refractivity (Wildman–Crippen MR) is 114 cm³/mol. The Kier molecular flexibility index (Phi) is 4.09. The lowest BCUT2D eigenvalue weighted by Gasteiger charge is -2.31. The third-order valence-electron chi connectivity index (χ3n) is 6.16. The molecule has 1 nitrogen and oxygen atoms in total. The van der Waals surface area contributed by atoms with Crippen molar-refractivity contribution < 1.29 is 0 Å². The molecule has 3 aromatic rings. The van der Waals surface area contributed by atoms with E-state index in [1.807, 2.05) is 0 Å². The Labute approximate surface area is 161 Å². The first kappa shape index (κ1) is 16.4. The summed E-state index contributed by atoms with van der Waals surface area (Å²) in [5.41, 5.74) is 9.94. The van der Waals surface area contributed by atoms with E-state index in [1.165, 1.54) is 39.2 Å². The van der Waals surface area contributed by atoms with Crippen LogP contribution < -0.4 is 0 Å². The fraction of sp³-hybridized carbons (Fsp3) is 0.231.